The van der Waals surface area contributed by atoms with Gasteiger partial charge in [-0.25, -0.2) is 5.43 Å². The zero-order valence-corrected chi connectivity index (χ0v) is 15.4. The molecule has 0 aliphatic carbocycles. The number of anilines is 1. The first-order chi connectivity index (χ1) is 11.5. The van der Waals surface area contributed by atoms with Crippen LogP contribution in [0.4, 0.5) is 5.69 Å². The lowest BCUT2D eigenvalue weighted by Gasteiger charge is -2.13. The van der Waals surface area contributed by atoms with E-state index in [0.29, 0.717) is 5.75 Å². The van der Waals surface area contributed by atoms with Crippen molar-refractivity contribution < 1.29 is 9.53 Å². The fourth-order valence-electron chi connectivity index (χ4n) is 2.12. The van der Waals surface area contributed by atoms with Crippen LogP contribution in [0.5, 0.6) is 5.75 Å². The van der Waals surface area contributed by atoms with E-state index in [1.54, 1.807) is 20.2 Å². The van der Waals surface area contributed by atoms with Gasteiger partial charge in [-0.3, -0.25) is 4.79 Å². The van der Waals surface area contributed by atoms with Gasteiger partial charge in [0.2, 0.25) is 0 Å². The average Bonchev–Trinajstić information content (AvgIpc) is 2.55. The summed E-state index contributed by atoms with van der Waals surface area (Å²) in [6.07, 6.45) is 1.56. The summed E-state index contributed by atoms with van der Waals surface area (Å²) < 4.78 is 6.17. The third-order valence-electron chi connectivity index (χ3n) is 3.36. The molecule has 1 unspecified atom stereocenters. The Bertz CT molecular complexity index is 747. The SMILES string of the molecule is COc1ccc(Br)cc1C=NNC(=O)C(C)Nc1cccc(C)c1. The first kappa shape index (κ1) is 18.0. The minimum atomic E-state index is -0.409. The van der Waals surface area contributed by atoms with Gasteiger partial charge in [0.15, 0.2) is 0 Å². The molecule has 126 valence electrons. The van der Waals surface area contributed by atoms with Gasteiger partial charge >= 0.3 is 0 Å². The van der Waals surface area contributed by atoms with Crippen molar-refractivity contribution in [3.8, 4) is 5.75 Å². The Hall–Kier alpha value is -2.34. The second-order valence-electron chi connectivity index (χ2n) is 5.36. The number of aryl methyl sites for hydroxylation is 1. The number of hydrogen-bond donors (Lipinski definition) is 2. The van der Waals surface area contributed by atoms with Crippen molar-refractivity contribution in [3.05, 3.63) is 58.1 Å². The van der Waals surface area contributed by atoms with E-state index in [2.05, 4.69) is 31.8 Å². The smallest absolute Gasteiger partial charge is 0.262 e. The van der Waals surface area contributed by atoms with E-state index < -0.39 is 6.04 Å². The van der Waals surface area contributed by atoms with Crippen molar-refractivity contribution in [2.24, 2.45) is 5.10 Å². The Balaban J connectivity index is 1.96. The molecule has 2 N–H and O–H groups in total. The number of hydrogen-bond acceptors (Lipinski definition) is 4. The molecule has 0 aromatic heterocycles. The van der Waals surface area contributed by atoms with Crippen LogP contribution >= 0.6 is 15.9 Å². The van der Waals surface area contributed by atoms with Crippen LogP contribution in [0.15, 0.2) is 52.0 Å². The van der Waals surface area contributed by atoms with Crippen molar-refractivity contribution in [2.75, 3.05) is 12.4 Å². The van der Waals surface area contributed by atoms with Crippen LogP contribution in [-0.2, 0) is 4.79 Å². The highest BCUT2D eigenvalue weighted by Crippen LogP contribution is 2.21. The standard InChI is InChI=1S/C18H20BrN3O2/c1-12-5-4-6-16(9-12)21-13(2)18(23)22-20-11-14-10-15(19)7-8-17(14)24-3/h4-11,13,21H,1-3H3,(H,22,23). The lowest BCUT2D eigenvalue weighted by molar-refractivity contribution is -0.121. The number of benzene rings is 2. The third-order valence-corrected chi connectivity index (χ3v) is 3.86. The summed E-state index contributed by atoms with van der Waals surface area (Å²) in [5.41, 5.74) is 5.33. The molecule has 0 aliphatic heterocycles. The Morgan fingerprint density at radius 2 is 2.08 bits per heavy atom. The second-order valence-corrected chi connectivity index (χ2v) is 6.27. The molecule has 2 aromatic carbocycles. The van der Waals surface area contributed by atoms with Gasteiger partial charge in [0.05, 0.1) is 13.3 Å². The van der Waals surface area contributed by atoms with Gasteiger partial charge in [-0.2, -0.15) is 5.10 Å². The number of carbonyl (C=O) groups is 1. The van der Waals surface area contributed by atoms with Gasteiger partial charge in [-0.15, -0.1) is 0 Å². The number of amides is 1. The lowest BCUT2D eigenvalue weighted by atomic mass is 10.2. The minimum Gasteiger partial charge on any atom is -0.496 e. The number of hydrazone groups is 1. The Labute approximate surface area is 150 Å². The third kappa shape index (κ3) is 5.09. The van der Waals surface area contributed by atoms with E-state index in [1.165, 1.54) is 0 Å². The van der Waals surface area contributed by atoms with Crippen LogP contribution in [0.25, 0.3) is 0 Å². The first-order valence-electron chi connectivity index (χ1n) is 7.49. The summed E-state index contributed by atoms with van der Waals surface area (Å²) in [5.74, 6) is 0.462. The Morgan fingerprint density at radius 1 is 1.29 bits per heavy atom. The molecule has 0 saturated heterocycles. The van der Waals surface area contributed by atoms with E-state index in [-0.39, 0.29) is 5.91 Å². The second kappa shape index (κ2) is 8.49. The molecule has 6 heteroatoms. The fraction of sp³-hybridized carbons (Fsp3) is 0.222. The number of ether oxygens (including phenoxy) is 1. The summed E-state index contributed by atoms with van der Waals surface area (Å²) >= 11 is 3.40. The average molecular weight is 390 g/mol. The molecule has 1 amide bonds. The normalized spacial score (nSPS) is 12.0. The van der Waals surface area contributed by atoms with Crippen molar-refractivity contribution in [3.63, 3.8) is 0 Å². The van der Waals surface area contributed by atoms with Crippen LogP contribution < -0.4 is 15.5 Å². The summed E-state index contributed by atoms with van der Waals surface area (Å²) in [6, 6.07) is 13.0. The van der Waals surface area contributed by atoms with Crippen LogP contribution in [0.3, 0.4) is 0 Å². The molecule has 0 fully saturated rings. The van der Waals surface area contributed by atoms with Crippen molar-refractivity contribution in [2.45, 2.75) is 19.9 Å². The van der Waals surface area contributed by atoms with Crippen molar-refractivity contribution in [1.29, 1.82) is 0 Å². The highest BCUT2D eigenvalue weighted by Gasteiger charge is 2.11. The van der Waals surface area contributed by atoms with E-state index in [9.17, 15) is 4.79 Å². The minimum absolute atomic E-state index is 0.221. The predicted octanol–water partition coefficient (Wildman–Crippen LogP) is 3.72. The van der Waals surface area contributed by atoms with Crippen LogP contribution in [-0.4, -0.2) is 25.3 Å². The molecule has 0 radical (unpaired) electrons. The molecular formula is C18H20BrN3O2. The van der Waals surface area contributed by atoms with Gasteiger partial charge in [0, 0.05) is 15.7 Å². The molecule has 24 heavy (non-hydrogen) atoms. The molecule has 0 saturated carbocycles. The number of methoxy groups -OCH3 is 1. The summed E-state index contributed by atoms with van der Waals surface area (Å²) in [6.45, 7) is 3.79. The number of halogens is 1. The maximum Gasteiger partial charge on any atom is 0.262 e. The fourth-order valence-corrected chi connectivity index (χ4v) is 2.50. The lowest BCUT2D eigenvalue weighted by Crippen LogP contribution is -2.34. The zero-order valence-electron chi connectivity index (χ0n) is 13.8. The topological polar surface area (TPSA) is 62.7 Å². The van der Waals surface area contributed by atoms with Crippen LogP contribution in [0, 0.1) is 6.92 Å². The maximum atomic E-state index is 12.1. The maximum absolute atomic E-state index is 12.1. The summed E-state index contributed by atoms with van der Waals surface area (Å²) in [5, 5.41) is 7.15. The highest BCUT2D eigenvalue weighted by atomic mass is 79.9. The van der Waals surface area contributed by atoms with Crippen LogP contribution in [0.2, 0.25) is 0 Å². The quantitative estimate of drug-likeness (QED) is 0.584. The van der Waals surface area contributed by atoms with Gasteiger partial charge in [-0.1, -0.05) is 28.1 Å². The summed E-state index contributed by atoms with van der Waals surface area (Å²) in [4.78, 5) is 12.1. The van der Waals surface area contributed by atoms with E-state index in [4.69, 9.17) is 4.74 Å². The molecule has 0 spiro atoms. The highest BCUT2D eigenvalue weighted by molar-refractivity contribution is 9.10. The molecule has 5 nitrogen and oxygen atoms in total. The van der Waals surface area contributed by atoms with Crippen LogP contribution in [0.1, 0.15) is 18.1 Å². The van der Waals surface area contributed by atoms with E-state index >= 15 is 0 Å². The predicted molar refractivity (Wildman–Crippen MR) is 101 cm³/mol. The monoisotopic (exact) mass is 389 g/mol. The van der Waals surface area contributed by atoms with Gasteiger partial charge in [-0.05, 0) is 49.7 Å². The number of nitrogens with one attached hydrogen (secondary N) is 2. The molecular weight excluding hydrogens is 370 g/mol. The van der Waals surface area contributed by atoms with Gasteiger partial charge in [0.1, 0.15) is 11.8 Å². The molecule has 1 atom stereocenters. The molecule has 2 rings (SSSR count). The molecule has 0 heterocycles. The molecule has 2 aromatic rings. The molecule has 0 aliphatic rings. The Kier molecular flexibility index (Phi) is 6.37. The van der Waals surface area contributed by atoms with Gasteiger partial charge in [0.25, 0.3) is 5.91 Å². The van der Waals surface area contributed by atoms with E-state index in [0.717, 1.165) is 21.3 Å². The van der Waals surface area contributed by atoms with E-state index in [1.807, 2.05) is 49.4 Å². The number of rotatable bonds is 6. The Morgan fingerprint density at radius 3 is 2.79 bits per heavy atom. The largest absolute Gasteiger partial charge is 0.496 e. The molecule has 0 bridgehead atoms. The first-order valence-corrected chi connectivity index (χ1v) is 8.28. The number of nitrogens with zero attached hydrogens (tertiary/aromatic N) is 1. The van der Waals surface area contributed by atoms with Crippen molar-refractivity contribution >= 4 is 33.7 Å². The van der Waals surface area contributed by atoms with Gasteiger partial charge < -0.3 is 10.1 Å². The zero-order chi connectivity index (χ0) is 17.5. The summed E-state index contributed by atoms with van der Waals surface area (Å²) in [7, 11) is 1.59. The number of carbonyl (C=O) groups excluding carboxylic acids is 1. The van der Waals surface area contributed by atoms with Crippen molar-refractivity contribution in [1.82, 2.24) is 5.43 Å².